The van der Waals surface area contributed by atoms with E-state index in [9.17, 15) is 32.7 Å². The second-order valence-electron chi connectivity index (χ2n) is 13.3. The third-order valence-electron chi connectivity index (χ3n) is 8.40. The molecule has 0 aliphatic carbocycles. The maximum Gasteiger partial charge on any atom is 0.423 e. The smallest absolute Gasteiger partial charge is 0.423 e. The lowest BCUT2D eigenvalue weighted by Crippen LogP contribution is -2.51. The molecule has 3 N–H and O–H groups in total. The summed E-state index contributed by atoms with van der Waals surface area (Å²) < 4.78 is 54.8. The zero-order valence-electron chi connectivity index (χ0n) is 27.8. The summed E-state index contributed by atoms with van der Waals surface area (Å²) in [5, 5.41) is 28.0. The minimum absolute atomic E-state index is 0.0718. The van der Waals surface area contributed by atoms with E-state index in [1.54, 1.807) is 17.0 Å². The van der Waals surface area contributed by atoms with Gasteiger partial charge < -0.3 is 35.0 Å². The van der Waals surface area contributed by atoms with Crippen LogP contribution in [0.15, 0.2) is 29.3 Å². The predicted octanol–water partition coefficient (Wildman–Crippen LogP) is 3.03. The highest BCUT2D eigenvalue weighted by Crippen LogP contribution is 2.36. The number of nitrogens with one attached hydrogen (secondary N) is 2. The van der Waals surface area contributed by atoms with Crippen LogP contribution < -0.4 is 21.1 Å². The van der Waals surface area contributed by atoms with Crippen LogP contribution in [-0.4, -0.2) is 103 Å². The monoisotopic (exact) mass is 708 g/mol. The number of anilines is 1. The number of alkyl halides is 3. The van der Waals surface area contributed by atoms with Crippen molar-refractivity contribution in [3.05, 3.63) is 51.7 Å². The molecule has 2 unspecified atom stereocenters. The van der Waals surface area contributed by atoms with E-state index in [-0.39, 0.29) is 37.8 Å². The molecule has 2 aromatic rings. The van der Waals surface area contributed by atoms with Crippen molar-refractivity contribution in [3.8, 4) is 6.07 Å². The number of piperazine rings is 1. The quantitative estimate of drug-likeness (QED) is 0.194. The minimum atomic E-state index is -4.95. The number of carbonyl (C=O) groups is 2. The first-order valence-corrected chi connectivity index (χ1v) is 19.8. The van der Waals surface area contributed by atoms with Gasteiger partial charge in [0.05, 0.1) is 54.5 Å². The van der Waals surface area contributed by atoms with Crippen molar-refractivity contribution < 1.29 is 37.3 Å². The number of nitrogens with zero attached hydrogens (tertiary/aromatic N) is 6. The van der Waals surface area contributed by atoms with E-state index in [0.29, 0.717) is 55.0 Å². The van der Waals surface area contributed by atoms with Gasteiger partial charge in [-0.2, -0.15) is 23.5 Å². The summed E-state index contributed by atoms with van der Waals surface area (Å²) in [6.45, 7) is 7.56. The van der Waals surface area contributed by atoms with Crippen molar-refractivity contribution in [2.75, 3.05) is 50.9 Å². The van der Waals surface area contributed by atoms with Crippen LogP contribution >= 0.6 is 0 Å². The molecule has 49 heavy (non-hydrogen) atoms. The number of carboxylic acid groups (broad SMARTS) is 1. The molecule has 2 saturated heterocycles. The lowest BCUT2D eigenvalue weighted by Gasteiger charge is -2.36. The Bertz CT molecular complexity index is 1550. The Kier molecular flexibility index (Phi) is 12.8. The van der Waals surface area contributed by atoms with Gasteiger partial charge in [-0.25, -0.2) is 9.48 Å². The maximum atomic E-state index is 14.3. The number of halogens is 3. The summed E-state index contributed by atoms with van der Waals surface area (Å²) in [7, 11) is -1.44. The first-order valence-electron chi connectivity index (χ1n) is 16.1. The molecular weight excluding hydrogens is 665 g/mol. The van der Waals surface area contributed by atoms with Gasteiger partial charge in [0.25, 0.3) is 5.56 Å². The molecule has 14 nitrogen and oxygen atoms in total. The summed E-state index contributed by atoms with van der Waals surface area (Å²) >= 11 is 0. The van der Waals surface area contributed by atoms with Crippen LogP contribution in [-0.2, 0) is 27.2 Å². The van der Waals surface area contributed by atoms with Gasteiger partial charge in [-0.15, -0.1) is 0 Å². The molecule has 0 radical (unpaired) electrons. The predicted molar refractivity (Wildman–Crippen MR) is 175 cm³/mol. The summed E-state index contributed by atoms with van der Waals surface area (Å²) in [5.41, 5.74) is -2.02. The van der Waals surface area contributed by atoms with Crippen molar-refractivity contribution in [1.29, 1.82) is 5.26 Å². The van der Waals surface area contributed by atoms with E-state index < -0.39 is 56.3 Å². The van der Waals surface area contributed by atoms with Gasteiger partial charge in [0.2, 0.25) is 5.91 Å². The summed E-state index contributed by atoms with van der Waals surface area (Å²) in [5.74, 6) is -0.339. The molecule has 268 valence electrons. The molecular formula is C31H43F3N8O6Si. The van der Waals surface area contributed by atoms with Crippen molar-refractivity contribution in [1.82, 2.24) is 30.3 Å². The molecule has 2 aromatic heterocycles. The highest BCUT2D eigenvalue weighted by atomic mass is 28.3. The van der Waals surface area contributed by atoms with E-state index >= 15 is 0 Å². The van der Waals surface area contributed by atoms with Gasteiger partial charge in [-0.3, -0.25) is 14.6 Å². The molecule has 4 rings (SSSR count). The Labute approximate surface area is 283 Å². The van der Waals surface area contributed by atoms with Gasteiger partial charge in [-0.1, -0.05) is 19.6 Å². The van der Waals surface area contributed by atoms with Crippen molar-refractivity contribution in [2.45, 2.75) is 76.0 Å². The number of nitriles is 1. The van der Waals surface area contributed by atoms with E-state index in [1.807, 2.05) is 6.07 Å². The number of pyridine rings is 1. The Hall–Kier alpha value is -4.05. The number of rotatable bonds is 14. The van der Waals surface area contributed by atoms with Crippen molar-refractivity contribution >= 4 is 25.8 Å². The lowest BCUT2D eigenvalue weighted by molar-refractivity contribution is -0.139. The molecule has 2 amide bonds. The Morgan fingerprint density at radius 3 is 2.65 bits per heavy atom. The highest BCUT2D eigenvalue weighted by molar-refractivity contribution is 6.76. The second kappa shape index (κ2) is 16.6. The molecule has 2 fully saturated rings. The Morgan fingerprint density at radius 2 is 2.00 bits per heavy atom. The SMILES string of the molecule is C[Si](C)(C)CCOCn1ncc(N2CCC[C@H]2COCC(CC(=O)N2CCNCC2c2ccc(C#N)cn2)NC(=O)O)c(C(F)(F)F)c1=O. The second-order valence-corrected chi connectivity index (χ2v) is 18.9. The first kappa shape index (κ1) is 37.8. The third kappa shape index (κ3) is 10.5. The normalized spacial score (nSPS) is 19.0. The molecule has 0 saturated carbocycles. The fraction of sp³-hybridized carbons (Fsp3) is 0.613. The van der Waals surface area contributed by atoms with Crippen LogP contribution in [0.5, 0.6) is 0 Å². The van der Waals surface area contributed by atoms with Crippen LogP contribution in [0.25, 0.3) is 0 Å². The van der Waals surface area contributed by atoms with Gasteiger partial charge in [0.15, 0.2) is 0 Å². The van der Waals surface area contributed by atoms with Gasteiger partial charge in [0.1, 0.15) is 18.4 Å². The third-order valence-corrected chi connectivity index (χ3v) is 10.1. The molecule has 3 atom stereocenters. The van der Waals surface area contributed by atoms with E-state index in [0.717, 1.165) is 12.2 Å². The van der Waals surface area contributed by atoms with E-state index in [4.69, 9.17) is 14.7 Å². The molecule has 0 bridgehead atoms. The number of hydrogen-bond acceptors (Lipinski definition) is 10. The number of hydrogen-bond donors (Lipinski definition) is 3. The van der Waals surface area contributed by atoms with E-state index in [1.165, 1.54) is 11.1 Å². The Morgan fingerprint density at radius 1 is 1.22 bits per heavy atom. The van der Waals surface area contributed by atoms with Gasteiger partial charge in [0, 0.05) is 53.5 Å². The summed E-state index contributed by atoms with van der Waals surface area (Å²) in [4.78, 5) is 45.4. The average molecular weight is 709 g/mol. The van der Waals surface area contributed by atoms with Crippen molar-refractivity contribution in [3.63, 3.8) is 0 Å². The van der Waals surface area contributed by atoms with Gasteiger partial charge >= 0.3 is 12.3 Å². The molecule has 18 heteroatoms. The fourth-order valence-electron chi connectivity index (χ4n) is 5.85. The Balaban J connectivity index is 1.42. The van der Waals surface area contributed by atoms with Crippen LogP contribution in [0.2, 0.25) is 25.7 Å². The number of carbonyl (C=O) groups excluding carboxylic acids is 1. The molecule has 0 aromatic carbocycles. The summed E-state index contributed by atoms with van der Waals surface area (Å²) in [6.07, 6.45) is -3.08. The lowest BCUT2D eigenvalue weighted by atomic mass is 10.1. The topological polar surface area (TPSA) is 175 Å². The van der Waals surface area contributed by atoms with Crippen molar-refractivity contribution in [2.24, 2.45) is 0 Å². The standard InChI is InChI=1S/C31H43F3N8O6Si/c1-49(2,3)12-11-47-20-42-29(44)28(31(32,33)34)26(17-38-42)40-9-4-5-23(40)19-48-18-22(39-30(45)46)13-27(43)41-10-8-36-16-25(41)24-7-6-21(14-35)15-37-24/h6-7,15,17,22-23,25,36,39H,4-5,8-13,16,18-20H2,1-3H3,(H,45,46)/t22?,23-,25?/m0/s1. The maximum absolute atomic E-state index is 14.3. The minimum Gasteiger partial charge on any atom is -0.465 e. The number of aromatic nitrogens is 3. The fourth-order valence-corrected chi connectivity index (χ4v) is 6.60. The van der Waals surface area contributed by atoms with Crippen LogP contribution in [0.1, 0.15) is 42.1 Å². The van der Waals surface area contributed by atoms with Gasteiger partial charge in [-0.05, 0) is 31.0 Å². The molecule has 2 aliphatic heterocycles. The number of ether oxygens (including phenoxy) is 2. The highest BCUT2D eigenvalue weighted by Gasteiger charge is 2.41. The molecule has 2 aliphatic rings. The number of amides is 2. The van der Waals surface area contributed by atoms with Crippen LogP contribution in [0, 0.1) is 11.3 Å². The zero-order valence-corrected chi connectivity index (χ0v) is 28.8. The largest absolute Gasteiger partial charge is 0.465 e. The van der Waals surface area contributed by atoms with Crippen LogP contribution in [0.3, 0.4) is 0 Å². The average Bonchev–Trinajstić information content (AvgIpc) is 3.50. The summed E-state index contributed by atoms with van der Waals surface area (Å²) in [6, 6.07) is 4.14. The first-order chi connectivity index (χ1) is 23.2. The molecule has 4 heterocycles. The van der Waals surface area contributed by atoms with E-state index in [2.05, 4.69) is 40.4 Å². The molecule has 0 spiro atoms. The van der Waals surface area contributed by atoms with Crippen LogP contribution in [0.4, 0.5) is 23.7 Å². The zero-order chi connectivity index (χ0) is 35.8.